The predicted octanol–water partition coefficient (Wildman–Crippen LogP) is 5.71. The van der Waals surface area contributed by atoms with Crippen molar-refractivity contribution in [2.75, 3.05) is 6.61 Å². The number of nitrogens with zero attached hydrogens (tertiary/aromatic N) is 2. The first-order valence-corrected chi connectivity index (χ1v) is 15.0. The number of nitrogens with one attached hydrogen (secondary N) is 1. The molecule has 8 heteroatoms. The zero-order valence-corrected chi connectivity index (χ0v) is 22.4. The van der Waals surface area contributed by atoms with E-state index in [2.05, 4.69) is 44.2 Å². The number of rotatable bonds is 8. The smallest absolute Gasteiger partial charge is 0.259 e. The number of hydrogen-bond donors (Lipinski definition) is 1. The van der Waals surface area contributed by atoms with Crippen molar-refractivity contribution in [3.05, 3.63) is 77.4 Å². The first-order valence-electron chi connectivity index (χ1n) is 12.1. The lowest BCUT2D eigenvalue weighted by molar-refractivity contribution is -0.123. The van der Waals surface area contributed by atoms with Gasteiger partial charge in [-0.25, -0.2) is 9.37 Å². The van der Waals surface area contributed by atoms with Crippen LogP contribution in [0.2, 0.25) is 18.1 Å². The average Bonchev–Trinajstić information content (AvgIpc) is 3.31. The predicted molar refractivity (Wildman–Crippen MR) is 143 cm³/mol. The van der Waals surface area contributed by atoms with Gasteiger partial charge in [-0.1, -0.05) is 39.0 Å². The van der Waals surface area contributed by atoms with E-state index in [-0.39, 0.29) is 16.4 Å². The van der Waals surface area contributed by atoms with E-state index >= 15 is 0 Å². The lowest BCUT2D eigenvalue weighted by Crippen LogP contribution is -2.41. The van der Waals surface area contributed by atoms with Gasteiger partial charge >= 0.3 is 0 Å². The molecule has 0 saturated carbocycles. The maximum atomic E-state index is 13.2. The second-order valence-corrected chi connectivity index (χ2v) is 15.3. The van der Waals surface area contributed by atoms with Crippen LogP contribution in [0.5, 0.6) is 0 Å². The van der Waals surface area contributed by atoms with Crippen LogP contribution in [0.25, 0.3) is 22.7 Å². The second-order valence-electron chi connectivity index (χ2n) is 10.5. The van der Waals surface area contributed by atoms with Crippen molar-refractivity contribution in [3.63, 3.8) is 0 Å². The van der Waals surface area contributed by atoms with E-state index in [9.17, 15) is 14.0 Å². The lowest BCUT2D eigenvalue weighted by atomic mass is 10.0. The van der Waals surface area contributed by atoms with Crippen LogP contribution >= 0.6 is 0 Å². The third-order valence-corrected chi connectivity index (χ3v) is 11.5. The minimum absolute atomic E-state index is 0.147. The quantitative estimate of drug-likeness (QED) is 0.242. The normalized spacial score (nSPS) is 14.9. The molecule has 0 spiro atoms. The summed E-state index contributed by atoms with van der Waals surface area (Å²) in [7, 11) is -1.83. The van der Waals surface area contributed by atoms with Gasteiger partial charge in [0.1, 0.15) is 11.5 Å². The largest absolute Gasteiger partial charge is 0.417 e. The molecule has 2 aromatic heterocycles. The summed E-state index contributed by atoms with van der Waals surface area (Å²) < 4.78 is 21.6. The molecular formula is C28H32FN3O3Si. The van der Waals surface area contributed by atoms with Crippen LogP contribution in [0.1, 0.15) is 38.3 Å². The van der Waals surface area contributed by atoms with E-state index in [0.717, 1.165) is 23.0 Å². The summed E-state index contributed by atoms with van der Waals surface area (Å²) in [6.07, 6.45) is 7.72. The highest BCUT2D eigenvalue weighted by Crippen LogP contribution is 2.37. The fraction of sp³-hybridized carbons (Fsp3) is 0.321. The van der Waals surface area contributed by atoms with Crippen molar-refractivity contribution < 1.29 is 18.4 Å². The molecule has 1 aromatic carbocycles. The van der Waals surface area contributed by atoms with Crippen LogP contribution in [0.3, 0.4) is 0 Å². The Morgan fingerprint density at radius 3 is 2.50 bits per heavy atom. The van der Waals surface area contributed by atoms with Crippen molar-refractivity contribution >= 4 is 42.8 Å². The SMILES string of the molecule is CC(C)(C)[Si](C)(C)OCCCn1cc(C2=C(/C=C/c3ccc(F)cc3)C(=O)NC2=O)c2cccnc21. The first-order chi connectivity index (χ1) is 17.0. The molecule has 6 nitrogen and oxygen atoms in total. The summed E-state index contributed by atoms with van der Waals surface area (Å²) >= 11 is 0. The van der Waals surface area contributed by atoms with Gasteiger partial charge in [0.2, 0.25) is 0 Å². The van der Waals surface area contributed by atoms with Gasteiger partial charge in [-0.05, 0) is 60.5 Å². The Bertz CT molecular complexity index is 1360. The maximum Gasteiger partial charge on any atom is 0.259 e. The van der Waals surface area contributed by atoms with E-state index in [1.807, 2.05) is 22.9 Å². The molecule has 0 fully saturated rings. The number of hydrogen-bond acceptors (Lipinski definition) is 4. The molecule has 1 aliphatic heterocycles. The Balaban J connectivity index is 1.64. The van der Waals surface area contributed by atoms with Gasteiger partial charge in [0.15, 0.2) is 8.32 Å². The third kappa shape index (κ3) is 5.24. The second kappa shape index (κ2) is 9.95. The molecule has 0 bridgehead atoms. The molecule has 4 rings (SSSR count). The third-order valence-electron chi connectivity index (χ3n) is 7.00. The Morgan fingerprint density at radius 2 is 1.81 bits per heavy atom. The summed E-state index contributed by atoms with van der Waals surface area (Å²) in [4.78, 5) is 30.0. The zero-order chi connectivity index (χ0) is 26.1. The molecule has 188 valence electrons. The van der Waals surface area contributed by atoms with Crippen LogP contribution in [0.15, 0.2) is 60.4 Å². The van der Waals surface area contributed by atoms with Gasteiger partial charge in [0, 0.05) is 36.5 Å². The number of halogens is 1. The zero-order valence-electron chi connectivity index (χ0n) is 21.4. The average molecular weight is 506 g/mol. The summed E-state index contributed by atoms with van der Waals surface area (Å²) in [5, 5.41) is 3.36. The van der Waals surface area contributed by atoms with Crippen molar-refractivity contribution in [1.82, 2.24) is 14.9 Å². The monoisotopic (exact) mass is 505 g/mol. The molecule has 0 saturated heterocycles. The molecule has 2 amide bonds. The molecule has 0 radical (unpaired) electrons. The van der Waals surface area contributed by atoms with Gasteiger partial charge < -0.3 is 8.99 Å². The molecule has 0 aliphatic carbocycles. The minimum atomic E-state index is -1.83. The molecule has 36 heavy (non-hydrogen) atoms. The summed E-state index contributed by atoms with van der Waals surface area (Å²) in [6, 6.07) is 9.65. The highest BCUT2D eigenvalue weighted by molar-refractivity contribution is 6.74. The van der Waals surface area contributed by atoms with Gasteiger partial charge in [0.25, 0.3) is 11.8 Å². The van der Waals surface area contributed by atoms with E-state index in [4.69, 9.17) is 4.43 Å². The van der Waals surface area contributed by atoms with E-state index in [1.165, 1.54) is 12.1 Å². The molecule has 1 aliphatic rings. The Labute approximate surface area is 212 Å². The molecule has 0 unspecified atom stereocenters. The number of aromatic nitrogens is 2. The van der Waals surface area contributed by atoms with Crippen molar-refractivity contribution in [2.45, 2.75) is 51.9 Å². The number of benzene rings is 1. The van der Waals surface area contributed by atoms with Crippen LogP contribution in [-0.2, 0) is 20.6 Å². The minimum Gasteiger partial charge on any atom is -0.417 e. The Hall–Kier alpha value is -3.36. The van der Waals surface area contributed by atoms with Gasteiger partial charge in [-0.15, -0.1) is 0 Å². The molecule has 1 N–H and O–H groups in total. The fourth-order valence-electron chi connectivity index (χ4n) is 3.92. The van der Waals surface area contributed by atoms with Crippen LogP contribution in [-0.4, -0.2) is 36.3 Å². The van der Waals surface area contributed by atoms with Gasteiger partial charge in [-0.2, -0.15) is 0 Å². The van der Waals surface area contributed by atoms with E-state index in [0.29, 0.717) is 24.3 Å². The van der Waals surface area contributed by atoms with Crippen LogP contribution < -0.4 is 5.32 Å². The number of amides is 2. The Kier molecular flexibility index (Phi) is 7.11. The number of carbonyl (C=O) groups is 2. The van der Waals surface area contributed by atoms with Gasteiger partial charge in [0.05, 0.1) is 11.1 Å². The fourth-order valence-corrected chi connectivity index (χ4v) is 5.01. The number of pyridine rings is 1. The Morgan fingerprint density at radius 1 is 1.08 bits per heavy atom. The number of aryl methyl sites for hydroxylation is 1. The van der Waals surface area contributed by atoms with Crippen LogP contribution in [0, 0.1) is 5.82 Å². The molecule has 3 aromatic rings. The van der Waals surface area contributed by atoms with E-state index in [1.54, 1.807) is 30.5 Å². The van der Waals surface area contributed by atoms with Crippen LogP contribution in [0.4, 0.5) is 4.39 Å². The number of carbonyl (C=O) groups excluding carboxylic acids is 2. The standard InChI is InChI=1S/C28H32FN3O3Si/c1-28(2,3)36(4,5)35-17-7-16-32-18-23(21-8-6-15-30-25(21)32)24-22(26(33)31-27(24)34)14-11-19-9-12-20(29)13-10-19/h6,8-15,18H,7,16-17H2,1-5H3,(H,31,33,34)/b14-11+. The summed E-state index contributed by atoms with van der Waals surface area (Å²) in [6.45, 7) is 12.5. The molecule has 0 atom stereocenters. The van der Waals surface area contributed by atoms with E-state index < -0.39 is 20.1 Å². The number of imide groups is 1. The van der Waals surface area contributed by atoms with Crippen molar-refractivity contribution in [2.24, 2.45) is 0 Å². The van der Waals surface area contributed by atoms with Crippen molar-refractivity contribution in [3.8, 4) is 0 Å². The number of fused-ring (bicyclic) bond motifs is 1. The highest BCUT2D eigenvalue weighted by Gasteiger charge is 2.37. The topological polar surface area (TPSA) is 73.2 Å². The molecule has 3 heterocycles. The summed E-state index contributed by atoms with van der Waals surface area (Å²) in [5.74, 6) is -1.24. The lowest BCUT2D eigenvalue weighted by Gasteiger charge is -2.36. The van der Waals surface area contributed by atoms with Gasteiger partial charge in [-0.3, -0.25) is 14.9 Å². The van der Waals surface area contributed by atoms with Crippen molar-refractivity contribution in [1.29, 1.82) is 0 Å². The summed E-state index contributed by atoms with van der Waals surface area (Å²) in [5.41, 5.74) is 2.72. The molecular weight excluding hydrogens is 473 g/mol. The highest BCUT2D eigenvalue weighted by atomic mass is 28.4. The first kappa shape index (κ1) is 25.7. The maximum absolute atomic E-state index is 13.2.